The third-order valence-corrected chi connectivity index (χ3v) is 3.39. The van der Waals surface area contributed by atoms with E-state index in [9.17, 15) is 19.7 Å². The number of hydrogen-bond donors (Lipinski definition) is 1. The molecule has 0 spiro atoms. The third-order valence-electron chi connectivity index (χ3n) is 3.39. The van der Waals surface area contributed by atoms with Crippen molar-refractivity contribution >= 4 is 23.4 Å². The Morgan fingerprint density at radius 2 is 1.62 bits per heavy atom. The van der Waals surface area contributed by atoms with E-state index in [2.05, 4.69) is 4.98 Å². The van der Waals surface area contributed by atoms with Crippen molar-refractivity contribution in [3.63, 3.8) is 0 Å². The zero-order valence-electron chi connectivity index (χ0n) is 14.2. The molecule has 136 valence electrons. The normalized spacial score (nSPS) is 10.2. The van der Waals surface area contributed by atoms with E-state index in [-0.39, 0.29) is 24.7 Å². The molecule has 26 heavy (non-hydrogen) atoms. The first-order valence-electron chi connectivity index (χ1n) is 7.79. The Bertz CT molecular complexity index is 851. The fraction of sp³-hybridized carbons (Fsp3) is 0.235. The number of carbonyl (C=O) groups excluding carboxylic acids is 2. The number of aromatic nitrogens is 1. The molecular weight excluding hydrogens is 342 g/mol. The van der Waals surface area contributed by atoms with Crippen molar-refractivity contribution in [2.45, 2.75) is 13.8 Å². The zero-order chi connectivity index (χ0) is 19.3. The van der Waals surface area contributed by atoms with Crippen LogP contribution in [0.1, 0.15) is 34.6 Å². The van der Waals surface area contributed by atoms with Crippen LogP contribution in [-0.4, -0.2) is 35.1 Å². The maximum atomic E-state index is 12.4. The van der Waals surface area contributed by atoms with Gasteiger partial charge in [-0.2, -0.15) is 0 Å². The van der Waals surface area contributed by atoms with Gasteiger partial charge in [0.25, 0.3) is 0 Å². The summed E-state index contributed by atoms with van der Waals surface area (Å²) in [7, 11) is 0. The molecule has 0 aliphatic carbocycles. The van der Waals surface area contributed by atoms with Gasteiger partial charge in [-0.3, -0.25) is 10.1 Å². The molecular formula is C17H17N3O6. The van der Waals surface area contributed by atoms with Crippen molar-refractivity contribution in [3.05, 3.63) is 51.6 Å². The number of nitro groups is 1. The minimum atomic E-state index is -1.05. The second kappa shape index (κ2) is 8.06. The molecule has 1 heterocycles. The molecule has 0 aliphatic heterocycles. The van der Waals surface area contributed by atoms with Crippen molar-refractivity contribution in [1.29, 1.82) is 0 Å². The molecule has 0 fully saturated rings. The van der Waals surface area contributed by atoms with Gasteiger partial charge in [0.1, 0.15) is 11.4 Å². The highest BCUT2D eigenvalue weighted by Gasteiger charge is 2.36. The van der Waals surface area contributed by atoms with Crippen LogP contribution in [-0.2, 0) is 9.47 Å². The number of ether oxygens (including phenoxy) is 2. The summed E-state index contributed by atoms with van der Waals surface area (Å²) in [6, 6.07) is 8.18. The quantitative estimate of drug-likeness (QED) is 0.472. The van der Waals surface area contributed by atoms with E-state index in [0.29, 0.717) is 5.56 Å². The van der Waals surface area contributed by atoms with E-state index in [1.54, 1.807) is 37.3 Å². The van der Waals surface area contributed by atoms with Crippen LogP contribution in [0, 0.1) is 10.1 Å². The summed E-state index contributed by atoms with van der Waals surface area (Å²) in [6.07, 6.45) is 0. The molecule has 0 saturated carbocycles. The molecule has 0 radical (unpaired) electrons. The number of rotatable bonds is 6. The predicted octanol–water partition coefficient (Wildman–Crippen LogP) is 2.59. The molecule has 0 atom stereocenters. The highest BCUT2D eigenvalue weighted by Crippen LogP contribution is 2.36. The number of anilines is 1. The molecule has 0 amide bonds. The second-order valence-electron chi connectivity index (χ2n) is 5.01. The van der Waals surface area contributed by atoms with Crippen LogP contribution in [0.15, 0.2) is 30.3 Å². The lowest BCUT2D eigenvalue weighted by Crippen LogP contribution is -2.20. The molecule has 0 saturated heterocycles. The summed E-state index contributed by atoms with van der Waals surface area (Å²) < 4.78 is 9.77. The van der Waals surface area contributed by atoms with Crippen molar-refractivity contribution in [1.82, 2.24) is 4.98 Å². The Hall–Kier alpha value is -3.49. The summed E-state index contributed by atoms with van der Waals surface area (Å²) >= 11 is 0. The Labute approximate surface area is 148 Å². The minimum absolute atomic E-state index is 0.00519. The van der Waals surface area contributed by atoms with E-state index in [0.717, 1.165) is 0 Å². The van der Waals surface area contributed by atoms with E-state index < -0.39 is 33.7 Å². The van der Waals surface area contributed by atoms with Crippen molar-refractivity contribution < 1.29 is 24.0 Å². The maximum absolute atomic E-state index is 12.4. The van der Waals surface area contributed by atoms with Crippen LogP contribution in [0.25, 0.3) is 11.3 Å². The van der Waals surface area contributed by atoms with Gasteiger partial charge in [-0.15, -0.1) is 0 Å². The van der Waals surface area contributed by atoms with Crippen LogP contribution < -0.4 is 5.73 Å². The molecule has 9 heteroatoms. The fourth-order valence-corrected chi connectivity index (χ4v) is 2.38. The molecule has 0 aliphatic rings. The summed E-state index contributed by atoms with van der Waals surface area (Å²) in [4.78, 5) is 39.6. The van der Waals surface area contributed by atoms with Gasteiger partial charge in [-0.1, -0.05) is 30.3 Å². The lowest BCUT2D eigenvalue weighted by atomic mass is 10.0. The molecule has 0 bridgehead atoms. The van der Waals surface area contributed by atoms with Gasteiger partial charge in [0.15, 0.2) is 11.3 Å². The zero-order valence-corrected chi connectivity index (χ0v) is 14.2. The SMILES string of the molecule is CCOC(=O)c1c(N)nc(-c2ccccc2)c([N+](=O)[O-])c1C(=O)OCC. The Morgan fingerprint density at radius 3 is 2.12 bits per heavy atom. The van der Waals surface area contributed by atoms with Gasteiger partial charge in [0.2, 0.25) is 0 Å². The molecule has 1 aromatic carbocycles. The van der Waals surface area contributed by atoms with E-state index in [4.69, 9.17) is 15.2 Å². The summed E-state index contributed by atoms with van der Waals surface area (Å²) in [5.41, 5.74) is 4.38. The summed E-state index contributed by atoms with van der Waals surface area (Å²) in [6.45, 7) is 3.05. The number of nitrogens with zero attached hydrogens (tertiary/aromatic N) is 2. The van der Waals surface area contributed by atoms with Crippen LogP contribution in [0.5, 0.6) is 0 Å². The molecule has 2 aromatic rings. The van der Waals surface area contributed by atoms with Crippen LogP contribution in [0.2, 0.25) is 0 Å². The number of nitrogen functional groups attached to an aromatic ring is 1. The lowest BCUT2D eigenvalue weighted by molar-refractivity contribution is -0.384. The third kappa shape index (κ3) is 3.61. The maximum Gasteiger partial charge on any atom is 0.346 e. The molecule has 9 nitrogen and oxygen atoms in total. The average Bonchev–Trinajstić information content (AvgIpc) is 2.61. The van der Waals surface area contributed by atoms with Gasteiger partial charge in [-0.05, 0) is 13.8 Å². The largest absolute Gasteiger partial charge is 0.462 e. The van der Waals surface area contributed by atoms with Crippen LogP contribution in [0.4, 0.5) is 11.5 Å². The van der Waals surface area contributed by atoms with E-state index >= 15 is 0 Å². The van der Waals surface area contributed by atoms with Crippen molar-refractivity contribution in [3.8, 4) is 11.3 Å². The summed E-state index contributed by atoms with van der Waals surface area (Å²) in [5, 5.41) is 11.7. The summed E-state index contributed by atoms with van der Waals surface area (Å²) in [5.74, 6) is -2.38. The Balaban J connectivity index is 2.88. The average molecular weight is 359 g/mol. The standard InChI is InChI=1S/C17H17N3O6/c1-3-25-16(21)11-12(17(22)26-4-2)15(18)19-13(14(11)20(23)24)10-8-6-5-7-9-10/h5-9H,3-4H2,1-2H3,(H2,18,19). The lowest BCUT2D eigenvalue weighted by Gasteiger charge is -2.13. The number of hydrogen-bond acceptors (Lipinski definition) is 8. The second-order valence-corrected chi connectivity index (χ2v) is 5.01. The monoisotopic (exact) mass is 359 g/mol. The minimum Gasteiger partial charge on any atom is -0.462 e. The van der Waals surface area contributed by atoms with E-state index in [1.807, 2.05) is 0 Å². The number of nitrogens with two attached hydrogens (primary N) is 1. The van der Waals surface area contributed by atoms with Crippen LogP contribution in [0.3, 0.4) is 0 Å². The predicted molar refractivity (Wildman–Crippen MR) is 92.7 cm³/mol. The van der Waals surface area contributed by atoms with Gasteiger partial charge in [0, 0.05) is 5.56 Å². The molecule has 0 unspecified atom stereocenters. The van der Waals surface area contributed by atoms with E-state index in [1.165, 1.54) is 6.92 Å². The van der Waals surface area contributed by atoms with Crippen molar-refractivity contribution in [2.24, 2.45) is 0 Å². The first kappa shape index (κ1) is 18.8. The number of carbonyl (C=O) groups is 2. The smallest absolute Gasteiger partial charge is 0.346 e. The number of pyridine rings is 1. The highest BCUT2D eigenvalue weighted by atomic mass is 16.6. The molecule has 1 aromatic heterocycles. The molecule has 2 rings (SSSR count). The fourth-order valence-electron chi connectivity index (χ4n) is 2.38. The van der Waals surface area contributed by atoms with Gasteiger partial charge < -0.3 is 15.2 Å². The van der Waals surface area contributed by atoms with Gasteiger partial charge in [0.05, 0.1) is 18.1 Å². The Morgan fingerprint density at radius 1 is 1.08 bits per heavy atom. The van der Waals surface area contributed by atoms with Gasteiger partial charge >= 0.3 is 17.6 Å². The van der Waals surface area contributed by atoms with Crippen molar-refractivity contribution in [2.75, 3.05) is 18.9 Å². The topological polar surface area (TPSA) is 135 Å². The highest BCUT2D eigenvalue weighted by molar-refractivity contribution is 6.10. The van der Waals surface area contributed by atoms with Gasteiger partial charge in [-0.25, -0.2) is 14.6 Å². The first-order chi connectivity index (χ1) is 12.4. The molecule has 2 N–H and O–H groups in total. The first-order valence-corrected chi connectivity index (χ1v) is 7.79. The van der Waals surface area contributed by atoms with Crippen LogP contribution >= 0.6 is 0 Å². The Kier molecular flexibility index (Phi) is 5.84. The number of benzene rings is 1. The number of esters is 2.